The summed E-state index contributed by atoms with van der Waals surface area (Å²) in [4.78, 5) is 11.7. The van der Waals surface area contributed by atoms with Gasteiger partial charge in [-0.15, -0.1) is 0 Å². The highest BCUT2D eigenvalue weighted by Gasteiger charge is 2.21. The first-order valence-corrected chi connectivity index (χ1v) is 7.20. The Morgan fingerprint density at radius 2 is 1.82 bits per heavy atom. The van der Waals surface area contributed by atoms with Crippen LogP contribution in [-0.4, -0.2) is 18.5 Å². The first kappa shape index (κ1) is 14.5. The summed E-state index contributed by atoms with van der Waals surface area (Å²) >= 11 is 0. The largest absolute Gasteiger partial charge is 0.354 e. The maximum Gasteiger partial charge on any atom is 0.236 e. The molecule has 1 aliphatic rings. The minimum absolute atomic E-state index is 0.0319. The highest BCUT2D eigenvalue weighted by Crippen LogP contribution is 2.30. The van der Waals surface area contributed by atoms with Gasteiger partial charge in [-0.3, -0.25) is 4.79 Å². The van der Waals surface area contributed by atoms with Crippen LogP contribution in [0.15, 0.2) is 0 Å². The third kappa shape index (κ3) is 5.07. The molecule has 0 aromatic carbocycles. The lowest BCUT2D eigenvalue weighted by Gasteiger charge is -2.28. The standard InChI is InChI=1S/C14H28N2O/c1-3-5-13(15)14(17)16-10-12-8-6-11(4-2)7-9-12/h11-13H,3-10,15H2,1-2H3,(H,16,17). The van der Waals surface area contributed by atoms with Crippen LogP contribution in [0.1, 0.15) is 58.8 Å². The van der Waals surface area contributed by atoms with Crippen LogP contribution in [0.4, 0.5) is 0 Å². The molecule has 3 heteroatoms. The number of amides is 1. The first-order chi connectivity index (χ1) is 8.17. The van der Waals surface area contributed by atoms with Crippen molar-refractivity contribution in [2.24, 2.45) is 17.6 Å². The zero-order valence-corrected chi connectivity index (χ0v) is 11.4. The first-order valence-electron chi connectivity index (χ1n) is 7.20. The summed E-state index contributed by atoms with van der Waals surface area (Å²) in [6, 6.07) is -0.313. The summed E-state index contributed by atoms with van der Waals surface area (Å²) < 4.78 is 0. The summed E-state index contributed by atoms with van der Waals surface area (Å²) in [5.74, 6) is 1.63. The highest BCUT2D eigenvalue weighted by atomic mass is 16.2. The van der Waals surface area contributed by atoms with Crippen molar-refractivity contribution in [3.05, 3.63) is 0 Å². The van der Waals surface area contributed by atoms with E-state index in [2.05, 4.69) is 19.2 Å². The third-order valence-corrected chi connectivity index (χ3v) is 4.05. The van der Waals surface area contributed by atoms with Crippen molar-refractivity contribution in [3.8, 4) is 0 Å². The number of rotatable bonds is 6. The molecule has 1 saturated carbocycles. The second-order valence-electron chi connectivity index (χ2n) is 5.44. The lowest BCUT2D eigenvalue weighted by atomic mass is 9.81. The molecule has 17 heavy (non-hydrogen) atoms. The normalized spacial score (nSPS) is 26.5. The topological polar surface area (TPSA) is 55.1 Å². The van der Waals surface area contributed by atoms with Crippen LogP contribution < -0.4 is 11.1 Å². The van der Waals surface area contributed by atoms with Crippen LogP contribution >= 0.6 is 0 Å². The average Bonchev–Trinajstić information content (AvgIpc) is 2.36. The molecular formula is C14H28N2O. The molecule has 0 spiro atoms. The van der Waals surface area contributed by atoms with Crippen LogP contribution in [-0.2, 0) is 4.79 Å². The molecule has 1 unspecified atom stereocenters. The molecule has 1 fully saturated rings. The number of nitrogens with two attached hydrogens (primary N) is 1. The van der Waals surface area contributed by atoms with Crippen LogP contribution in [0.25, 0.3) is 0 Å². The molecular weight excluding hydrogens is 212 g/mol. The van der Waals surface area contributed by atoms with Gasteiger partial charge in [0, 0.05) is 6.54 Å². The van der Waals surface area contributed by atoms with Gasteiger partial charge in [0.2, 0.25) is 5.91 Å². The quantitative estimate of drug-likeness (QED) is 0.749. The van der Waals surface area contributed by atoms with Crippen molar-refractivity contribution in [1.29, 1.82) is 0 Å². The molecule has 0 aromatic heterocycles. The second kappa shape index (κ2) is 7.70. The van der Waals surface area contributed by atoms with Gasteiger partial charge in [0.1, 0.15) is 0 Å². The van der Waals surface area contributed by atoms with E-state index >= 15 is 0 Å². The second-order valence-corrected chi connectivity index (χ2v) is 5.44. The Bertz CT molecular complexity index is 222. The predicted molar refractivity (Wildman–Crippen MR) is 71.6 cm³/mol. The third-order valence-electron chi connectivity index (χ3n) is 4.05. The van der Waals surface area contributed by atoms with Gasteiger partial charge in [0.25, 0.3) is 0 Å². The highest BCUT2D eigenvalue weighted by molar-refractivity contribution is 5.81. The van der Waals surface area contributed by atoms with E-state index in [-0.39, 0.29) is 11.9 Å². The van der Waals surface area contributed by atoms with Gasteiger partial charge in [-0.25, -0.2) is 0 Å². The number of hydrogen-bond donors (Lipinski definition) is 2. The zero-order valence-electron chi connectivity index (χ0n) is 11.4. The molecule has 0 aromatic rings. The molecule has 0 aliphatic heterocycles. The van der Waals surface area contributed by atoms with E-state index in [1.165, 1.54) is 32.1 Å². The Labute approximate surface area is 106 Å². The number of carbonyl (C=O) groups excluding carboxylic acids is 1. The predicted octanol–water partition coefficient (Wildman–Crippen LogP) is 2.45. The Balaban J connectivity index is 2.16. The number of hydrogen-bond acceptors (Lipinski definition) is 2. The maximum atomic E-state index is 11.7. The van der Waals surface area contributed by atoms with E-state index in [1.54, 1.807) is 0 Å². The fraction of sp³-hybridized carbons (Fsp3) is 0.929. The van der Waals surface area contributed by atoms with E-state index in [4.69, 9.17) is 5.73 Å². The summed E-state index contributed by atoms with van der Waals surface area (Å²) in [6.45, 7) is 5.16. The van der Waals surface area contributed by atoms with Gasteiger partial charge in [-0.2, -0.15) is 0 Å². The summed E-state index contributed by atoms with van der Waals surface area (Å²) in [6.07, 6.45) is 8.25. The molecule has 0 bridgehead atoms. The van der Waals surface area contributed by atoms with Gasteiger partial charge in [-0.1, -0.05) is 39.5 Å². The minimum Gasteiger partial charge on any atom is -0.354 e. The Morgan fingerprint density at radius 3 is 2.35 bits per heavy atom. The van der Waals surface area contributed by atoms with Gasteiger partial charge in [-0.05, 0) is 31.1 Å². The molecule has 0 radical (unpaired) electrons. The van der Waals surface area contributed by atoms with E-state index in [9.17, 15) is 4.79 Å². The molecule has 1 amide bonds. The molecule has 0 saturated heterocycles. The fourth-order valence-corrected chi connectivity index (χ4v) is 2.66. The van der Waals surface area contributed by atoms with E-state index in [1.807, 2.05) is 0 Å². The number of nitrogens with one attached hydrogen (secondary N) is 1. The minimum atomic E-state index is -0.313. The van der Waals surface area contributed by atoms with Crippen molar-refractivity contribution in [2.45, 2.75) is 64.8 Å². The van der Waals surface area contributed by atoms with E-state index in [0.717, 1.165) is 25.3 Å². The maximum absolute atomic E-state index is 11.7. The molecule has 0 heterocycles. The van der Waals surface area contributed by atoms with Crippen LogP contribution in [0, 0.1) is 11.8 Å². The Kier molecular flexibility index (Phi) is 6.56. The molecule has 100 valence electrons. The SMILES string of the molecule is CCCC(N)C(=O)NCC1CCC(CC)CC1. The lowest BCUT2D eigenvalue weighted by molar-refractivity contribution is -0.122. The van der Waals surface area contributed by atoms with Gasteiger partial charge in [0.15, 0.2) is 0 Å². The summed E-state index contributed by atoms with van der Waals surface area (Å²) in [5, 5.41) is 3.01. The summed E-state index contributed by atoms with van der Waals surface area (Å²) in [7, 11) is 0. The van der Waals surface area contributed by atoms with Crippen molar-refractivity contribution >= 4 is 5.91 Å². The lowest BCUT2D eigenvalue weighted by Crippen LogP contribution is -2.42. The monoisotopic (exact) mass is 240 g/mol. The van der Waals surface area contributed by atoms with E-state index < -0.39 is 0 Å². The number of carbonyl (C=O) groups is 1. The average molecular weight is 240 g/mol. The molecule has 3 nitrogen and oxygen atoms in total. The Morgan fingerprint density at radius 1 is 1.24 bits per heavy atom. The van der Waals surface area contributed by atoms with Gasteiger partial charge in [0.05, 0.1) is 6.04 Å². The Hall–Kier alpha value is -0.570. The van der Waals surface area contributed by atoms with Crippen molar-refractivity contribution in [3.63, 3.8) is 0 Å². The smallest absolute Gasteiger partial charge is 0.236 e. The molecule has 1 rings (SSSR count). The zero-order chi connectivity index (χ0) is 12.7. The molecule has 1 aliphatic carbocycles. The molecule has 1 atom stereocenters. The molecule has 3 N–H and O–H groups in total. The van der Waals surface area contributed by atoms with Crippen LogP contribution in [0.2, 0.25) is 0 Å². The van der Waals surface area contributed by atoms with Crippen molar-refractivity contribution in [2.75, 3.05) is 6.54 Å². The summed E-state index contributed by atoms with van der Waals surface area (Å²) in [5.41, 5.74) is 5.77. The van der Waals surface area contributed by atoms with Crippen molar-refractivity contribution in [1.82, 2.24) is 5.32 Å². The van der Waals surface area contributed by atoms with Crippen molar-refractivity contribution < 1.29 is 4.79 Å². The van der Waals surface area contributed by atoms with Crippen LogP contribution in [0.5, 0.6) is 0 Å². The fourth-order valence-electron chi connectivity index (χ4n) is 2.66. The van der Waals surface area contributed by atoms with Crippen LogP contribution in [0.3, 0.4) is 0 Å². The van der Waals surface area contributed by atoms with E-state index in [0.29, 0.717) is 5.92 Å². The van der Waals surface area contributed by atoms with Gasteiger partial charge >= 0.3 is 0 Å². The van der Waals surface area contributed by atoms with Gasteiger partial charge < -0.3 is 11.1 Å².